The van der Waals surface area contributed by atoms with E-state index in [0.29, 0.717) is 17.7 Å². The fourth-order valence-corrected chi connectivity index (χ4v) is 17.5. The number of hydrogen-bond donors (Lipinski definition) is 0. The van der Waals surface area contributed by atoms with E-state index in [9.17, 15) is 0 Å². The van der Waals surface area contributed by atoms with Gasteiger partial charge in [0.25, 0.3) is 0 Å². The van der Waals surface area contributed by atoms with Gasteiger partial charge in [-0.1, -0.05) is 289 Å². The van der Waals surface area contributed by atoms with Crippen LogP contribution in [0.3, 0.4) is 0 Å². The second-order valence-corrected chi connectivity index (χ2v) is 31.7. The van der Waals surface area contributed by atoms with Crippen molar-refractivity contribution in [3.05, 3.63) is 435 Å². The summed E-state index contributed by atoms with van der Waals surface area (Å²) in [7, 11) is 0. The summed E-state index contributed by atoms with van der Waals surface area (Å²) in [4.78, 5) is 14.2. The normalized spacial score (nSPS) is 11.2. The van der Waals surface area contributed by atoms with E-state index in [1.54, 1.807) is 0 Å². The molecule has 0 saturated heterocycles. The van der Waals surface area contributed by atoms with Gasteiger partial charge in [0, 0.05) is 66.1 Å². The molecule has 0 N–H and O–H groups in total. The number of benzene rings is 18. The molecule has 0 saturated carbocycles. The van der Waals surface area contributed by atoms with E-state index in [1.807, 2.05) is 78.9 Å². The largest absolute Gasteiger partial charge is 0.436 e. The Balaban J connectivity index is 0.000000127. The Bertz CT molecular complexity index is 8010. The molecule has 18 aromatic carbocycles. The first-order valence-electron chi connectivity index (χ1n) is 41.7. The van der Waals surface area contributed by atoms with E-state index in [4.69, 9.17) is 23.2 Å². The summed E-state index contributed by atoms with van der Waals surface area (Å²) >= 11 is 0. The van der Waals surface area contributed by atoms with Gasteiger partial charge in [-0.15, -0.1) is 0 Å². The summed E-state index contributed by atoms with van der Waals surface area (Å²) in [5, 5.41) is 7.37. The van der Waals surface area contributed by atoms with E-state index >= 15 is 0 Å². The maximum atomic E-state index is 6.20. The van der Waals surface area contributed by atoms with Gasteiger partial charge in [-0.25, -0.2) is 15.0 Å². The standard InChI is InChI=1S/3C38H26N2O.4CH4/c1-25-15-19-29(20-16-25)40-35-21-17-27(26-9-3-2-4-10-26)23-32(35)33-24-28(18-22-36(33)40)30-11-5-6-12-31(30)38-39-34-13-7-8-14-37(34)41-38;1-25-14-18-31(19-15-25)40-35-20-16-28(26-8-3-2-4-9-26)23-32(35)33-24-29(17-21-36(33)40)27-10-7-11-30(22-27)38-39-34-12-5-6-13-37(34)41-38;1-25-11-19-31(20-12-25)40-35-21-17-29(26-7-3-2-4-8-26)23-32(35)33-24-30(18-22-36(33)40)27-13-15-28(16-14-27)38-39-34-9-5-6-10-37(34)41-38;;;;/h3*2-24H,1H3;4*1H4. The van der Waals surface area contributed by atoms with Crippen LogP contribution in [0.2, 0.25) is 0 Å². The van der Waals surface area contributed by atoms with Crippen LogP contribution < -0.4 is 0 Å². The highest BCUT2D eigenvalue weighted by molar-refractivity contribution is 6.15. The summed E-state index contributed by atoms with van der Waals surface area (Å²) in [6.07, 6.45) is 0. The number of aromatic nitrogens is 6. The third-order valence-electron chi connectivity index (χ3n) is 23.8. The molecule has 24 rings (SSSR count). The smallest absolute Gasteiger partial charge is 0.227 e. The van der Waals surface area contributed by atoms with Gasteiger partial charge in [-0.2, -0.15) is 0 Å². The second kappa shape index (κ2) is 34.6. The summed E-state index contributed by atoms with van der Waals surface area (Å²) in [5.41, 5.74) is 36.4. The first kappa shape index (κ1) is 81.8. The molecule has 0 unspecified atom stereocenters. The monoisotopic (exact) mass is 1640 g/mol. The third-order valence-corrected chi connectivity index (χ3v) is 23.8. The predicted octanol–water partition coefficient (Wildman–Crippen LogP) is 33.2. The van der Waals surface area contributed by atoms with Crippen molar-refractivity contribution in [1.29, 1.82) is 0 Å². The van der Waals surface area contributed by atoms with Crippen LogP contribution >= 0.6 is 0 Å². The Labute approximate surface area is 739 Å². The van der Waals surface area contributed by atoms with E-state index < -0.39 is 0 Å². The van der Waals surface area contributed by atoms with Gasteiger partial charge in [-0.3, -0.25) is 0 Å². The van der Waals surface area contributed by atoms with Gasteiger partial charge in [0.15, 0.2) is 16.7 Å². The lowest BCUT2D eigenvalue weighted by molar-refractivity contribution is 0.619. The van der Waals surface area contributed by atoms with Crippen LogP contribution in [0.5, 0.6) is 0 Å². The Hall–Kier alpha value is -16.2. The van der Waals surface area contributed by atoms with Crippen molar-refractivity contribution in [2.45, 2.75) is 50.5 Å². The SMILES string of the molecule is C.C.C.C.Cc1ccc(-n2c3ccc(-c4ccccc4)cc3c3cc(-c4ccc(-c5nc6ccccc6o5)cc4)ccc32)cc1.Cc1ccc(-n2c3ccc(-c4ccccc4)cc3c3cc(-c4cccc(-c5nc6ccccc6o5)c4)ccc32)cc1.Cc1ccc(-n2c3ccc(-c4ccccc4)cc3c3cc(-c4ccccc4-c4nc5ccccc5o4)ccc32)cc1. The Morgan fingerprint density at radius 3 is 0.787 bits per heavy atom. The van der Waals surface area contributed by atoms with E-state index in [0.717, 1.165) is 89.2 Å². The quantitative estimate of drug-likeness (QED) is 0.121. The van der Waals surface area contributed by atoms with Crippen LogP contribution in [0.25, 0.3) is 217 Å². The summed E-state index contributed by atoms with van der Waals surface area (Å²) in [6.45, 7) is 6.38. The molecule has 6 heterocycles. The molecule has 614 valence electrons. The zero-order valence-corrected chi connectivity index (χ0v) is 67.7. The van der Waals surface area contributed by atoms with Crippen molar-refractivity contribution < 1.29 is 13.3 Å². The van der Waals surface area contributed by atoms with Crippen molar-refractivity contribution in [2.75, 3.05) is 0 Å². The molecule has 0 aliphatic carbocycles. The van der Waals surface area contributed by atoms with Crippen molar-refractivity contribution >= 4 is 98.7 Å². The molecule has 0 spiro atoms. The molecule has 0 radical (unpaired) electrons. The van der Waals surface area contributed by atoms with E-state index in [-0.39, 0.29) is 29.7 Å². The molecule has 0 fully saturated rings. The van der Waals surface area contributed by atoms with Crippen LogP contribution in [0.1, 0.15) is 46.4 Å². The zero-order chi connectivity index (χ0) is 82.0. The zero-order valence-electron chi connectivity index (χ0n) is 67.7. The average Bonchev–Trinajstić information content (AvgIpc) is 1.59. The summed E-state index contributed by atoms with van der Waals surface area (Å²) < 4.78 is 25.4. The van der Waals surface area contributed by atoms with Crippen molar-refractivity contribution in [3.63, 3.8) is 0 Å². The highest BCUT2D eigenvalue weighted by atomic mass is 16.4. The number of para-hydroxylation sites is 6. The molecular formula is C118H94N6O3. The molecular weight excluding hydrogens is 1550 g/mol. The number of oxazole rings is 3. The lowest BCUT2D eigenvalue weighted by Gasteiger charge is -2.10. The predicted molar refractivity (Wildman–Crippen MR) is 535 cm³/mol. The number of rotatable bonds is 12. The van der Waals surface area contributed by atoms with Gasteiger partial charge in [-0.05, 0) is 263 Å². The van der Waals surface area contributed by atoms with Gasteiger partial charge in [0.1, 0.15) is 16.6 Å². The van der Waals surface area contributed by atoms with Crippen molar-refractivity contribution in [2.24, 2.45) is 0 Å². The maximum Gasteiger partial charge on any atom is 0.227 e. The molecule has 127 heavy (non-hydrogen) atoms. The molecule has 0 aliphatic rings. The Morgan fingerprint density at radius 1 is 0.181 bits per heavy atom. The summed E-state index contributed by atoms with van der Waals surface area (Å²) in [6, 6.07) is 148. The van der Waals surface area contributed by atoms with Crippen LogP contribution in [0.4, 0.5) is 0 Å². The lowest BCUT2D eigenvalue weighted by Crippen LogP contribution is -1.94. The lowest BCUT2D eigenvalue weighted by atomic mass is 9.97. The van der Waals surface area contributed by atoms with E-state index in [2.05, 4.69) is 379 Å². The number of aryl methyl sites for hydroxylation is 3. The third kappa shape index (κ3) is 15.4. The molecule has 6 aromatic heterocycles. The first-order valence-corrected chi connectivity index (χ1v) is 41.7. The van der Waals surface area contributed by atoms with Gasteiger partial charge >= 0.3 is 0 Å². The highest BCUT2D eigenvalue weighted by Gasteiger charge is 2.22. The van der Waals surface area contributed by atoms with Gasteiger partial charge in [0.05, 0.1) is 33.1 Å². The topological polar surface area (TPSA) is 92.9 Å². The molecule has 9 heteroatoms. The van der Waals surface area contributed by atoms with Crippen LogP contribution in [0, 0.1) is 20.8 Å². The minimum atomic E-state index is 0. The van der Waals surface area contributed by atoms with Gasteiger partial charge in [0.2, 0.25) is 17.7 Å². The molecule has 0 bridgehead atoms. The Kier molecular flexibility index (Phi) is 22.3. The maximum absolute atomic E-state index is 6.20. The van der Waals surface area contributed by atoms with Crippen molar-refractivity contribution in [1.82, 2.24) is 28.7 Å². The molecule has 0 aliphatic heterocycles. The average molecular weight is 1640 g/mol. The first-order chi connectivity index (χ1) is 60.6. The number of fused-ring (bicyclic) bond motifs is 12. The molecule has 0 amide bonds. The molecule has 24 aromatic rings. The minimum Gasteiger partial charge on any atom is -0.436 e. The molecule has 0 atom stereocenters. The fraction of sp³-hybridized carbons (Fsp3) is 0.0593. The minimum absolute atomic E-state index is 0. The van der Waals surface area contributed by atoms with Crippen LogP contribution in [-0.2, 0) is 0 Å². The number of nitrogens with zero attached hydrogens (tertiary/aromatic N) is 6. The van der Waals surface area contributed by atoms with E-state index in [1.165, 1.54) is 127 Å². The number of hydrogen-bond acceptors (Lipinski definition) is 6. The van der Waals surface area contributed by atoms with Crippen molar-refractivity contribution in [3.8, 4) is 118 Å². The fourth-order valence-electron chi connectivity index (χ4n) is 17.5. The van der Waals surface area contributed by atoms with Crippen LogP contribution in [0.15, 0.2) is 432 Å². The summed E-state index contributed by atoms with van der Waals surface area (Å²) in [5.74, 6) is 1.91. The second-order valence-electron chi connectivity index (χ2n) is 31.7. The van der Waals surface area contributed by atoms with Crippen LogP contribution in [-0.4, -0.2) is 28.7 Å². The highest BCUT2D eigenvalue weighted by Crippen LogP contribution is 2.44. The Morgan fingerprint density at radius 2 is 0.425 bits per heavy atom. The van der Waals surface area contributed by atoms with Gasteiger partial charge < -0.3 is 27.0 Å². The molecule has 9 nitrogen and oxygen atoms in total.